The number of benzene rings is 1. The molecule has 2 aromatic heterocycles. The highest BCUT2D eigenvalue weighted by atomic mass is 32.2. The Morgan fingerprint density at radius 3 is 2.62 bits per heavy atom. The molecule has 0 aliphatic carbocycles. The number of H-pyrrole nitrogens is 1. The van der Waals surface area contributed by atoms with Crippen molar-refractivity contribution < 1.29 is 17.6 Å². The van der Waals surface area contributed by atoms with E-state index >= 15 is 0 Å². The number of hydrogen-bond donors (Lipinski definition) is 1. The van der Waals surface area contributed by atoms with Crippen molar-refractivity contribution in [3.8, 4) is 0 Å². The van der Waals surface area contributed by atoms with Crippen LogP contribution < -0.4 is 0 Å². The van der Waals surface area contributed by atoms with E-state index in [2.05, 4.69) is 16.0 Å². The molecule has 2 saturated heterocycles. The average Bonchev–Trinajstić information content (AvgIpc) is 3.18. The Morgan fingerprint density at radius 1 is 1.15 bits per heavy atom. The molecule has 34 heavy (non-hydrogen) atoms. The molecule has 2 aliphatic rings. The summed E-state index contributed by atoms with van der Waals surface area (Å²) in [5.74, 6) is -0.249. The molecule has 0 bridgehead atoms. The summed E-state index contributed by atoms with van der Waals surface area (Å²) in [6.07, 6.45) is 3.60. The normalized spacial score (nSPS) is 18.4. The summed E-state index contributed by atoms with van der Waals surface area (Å²) in [6, 6.07) is 8.47. The number of aromatic nitrogens is 2. The van der Waals surface area contributed by atoms with E-state index in [1.54, 1.807) is 15.3 Å². The van der Waals surface area contributed by atoms with Crippen molar-refractivity contribution in [2.24, 2.45) is 0 Å². The van der Waals surface area contributed by atoms with Crippen molar-refractivity contribution in [1.82, 2.24) is 19.2 Å². The summed E-state index contributed by atoms with van der Waals surface area (Å²) in [6.45, 7) is 5.15. The summed E-state index contributed by atoms with van der Waals surface area (Å²) in [4.78, 5) is 21.9. The number of carbonyl (C=O) groups is 1. The number of aromatic amines is 1. The van der Waals surface area contributed by atoms with Gasteiger partial charge in [0.25, 0.3) is 0 Å². The Bertz CT molecular complexity index is 1340. The first-order valence-electron chi connectivity index (χ1n) is 11.7. The summed E-state index contributed by atoms with van der Waals surface area (Å²) in [5, 5.41) is 0.537. The molecule has 4 heterocycles. The number of fused-ring (bicyclic) bond motifs is 1. The molecule has 2 fully saturated rings. The SMILES string of the molecule is Cc1ccc2c(C3CCN(S(=O)(=O)C4CN(C(=O)Cc5cc(F)ccc5C)C4)CC3)c[nH]c2n1. The van der Waals surface area contributed by atoms with E-state index in [0.717, 1.165) is 35.1 Å². The van der Waals surface area contributed by atoms with Crippen molar-refractivity contribution >= 4 is 27.0 Å². The molecule has 0 spiro atoms. The van der Waals surface area contributed by atoms with E-state index in [4.69, 9.17) is 0 Å². The quantitative estimate of drug-likeness (QED) is 0.602. The number of rotatable bonds is 5. The fourth-order valence-electron chi connectivity index (χ4n) is 5.03. The van der Waals surface area contributed by atoms with Crippen LogP contribution in [0.1, 0.15) is 41.1 Å². The minimum Gasteiger partial charge on any atom is -0.346 e. The van der Waals surface area contributed by atoms with Gasteiger partial charge in [0, 0.05) is 43.5 Å². The van der Waals surface area contributed by atoms with Crippen LogP contribution in [0.25, 0.3) is 11.0 Å². The van der Waals surface area contributed by atoms with Gasteiger partial charge in [0.05, 0.1) is 6.42 Å². The number of nitrogens with one attached hydrogen (secondary N) is 1. The van der Waals surface area contributed by atoms with Gasteiger partial charge in [0.1, 0.15) is 16.7 Å². The molecule has 3 aromatic rings. The van der Waals surface area contributed by atoms with Crippen molar-refractivity contribution in [2.75, 3.05) is 26.2 Å². The van der Waals surface area contributed by atoms with Gasteiger partial charge < -0.3 is 9.88 Å². The third kappa shape index (κ3) is 4.22. The maximum Gasteiger partial charge on any atom is 0.227 e. The summed E-state index contributed by atoms with van der Waals surface area (Å²) < 4.78 is 41.4. The number of amides is 1. The van der Waals surface area contributed by atoms with Crippen LogP contribution in [0.4, 0.5) is 4.39 Å². The fourth-order valence-corrected chi connectivity index (χ4v) is 6.91. The number of pyridine rings is 1. The highest BCUT2D eigenvalue weighted by Crippen LogP contribution is 2.34. The van der Waals surface area contributed by atoms with Crippen molar-refractivity contribution in [3.63, 3.8) is 0 Å². The Kier molecular flexibility index (Phi) is 5.93. The van der Waals surface area contributed by atoms with Crippen LogP contribution in [0.15, 0.2) is 36.5 Å². The largest absolute Gasteiger partial charge is 0.346 e. The second kappa shape index (κ2) is 8.78. The third-order valence-electron chi connectivity index (χ3n) is 7.24. The predicted molar refractivity (Wildman–Crippen MR) is 129 cm³/mol. The Morgan fingerprint density at radius 2 is 1.88 bits per heavy atom. The molecule has 0 atom stereocenters. The molecule has 1 aromatic carbocycles. The van der Waals surface area contributed by atoms with Crippen LogP contribution in [0.5, 0.6) is 0 Å². The lowest BCUT2D eigenvalue weighted by Crippen LogP contribution is -2.60. The van der Waals surface area contributed by atoms with Gasteiger partial charge in [-0.15, -0.1) is 0 Å². The van der Waals surface area contributed by atoms with E-state index in [1.165, 1.54) is 17.7 Å². The Balaban J connectivity index is 1.17. The molecule has 9 heteroatoms. The Hall–Kier alpha value is -2.78. The molecule has 0 radical (unpaired) electrons. The minimum atomic E-state index is -3.46. The lowest BCUT2D eigenvalue weighted by Gasteiger charge is -2.42. The highest BCUT2D eigenvalue weighted by Gasteiger charge is 2.43. The predicted octanol–water partition coefficient (Wildman–Crippen LogP) is 3.28. The number of piperidine rings is 1. The standard InChI is InChI=1S/C25H29FN4O3S/c1-16-3-5-20(26)11-19(16)12-24(31)29-14-21(15-29)34(32,33)30-9-7-18(8-10-30)23-13-27-25-22(23)6-4-17(2)28-25/h3-6,11,13,18,21H,7-10,12,14-15H2,1-2H3,(H,27,28). The topological polar surface area (TPSA) is 86.4 Å². The zero-order valence-corrected chi connectivity index (χ0v) is 20.2. The molecular weight excluding hydrogens is 455 g/mol. The van der Waals surface area contributed by atoms with Gasteiger partial charge in [0.15, 0.2) is 0 Å². The van der Waals surface area contributed by atoms with Crippen molar-refractivity contribution in [3.05, 3.63) is 64.7 Å². The van der Waals surface area contributed by atoms with Crippen LogP contribution >= 0.6 is 0 Å². The molecule has 1 amide bonds. The maximum atomic E-state index is 13.5. The monoisotopic (exact) mass is 484 g/mol. The fraction of sp³-hybridized carbons (Fsp3) is 0.440. The minimum absolute atomic E-state index is 0.0841. The van der Waals surface area contributed by atoms with Gasteiger partial charge in [0.2, 0.25) is 15.9 Å². The summed E-state index contributed by atoms with van der Waals surface area (Å²) >= 11 is 0. The number of carbonyl (C=O) groups excluding carboxylic acids is 1. The number of sulfonamides is 1. The Labute approximate surface area is 199 Å². The van der Waals surface area contributed by atoms with Crippen molar-refractivity contribution in [2.45, 2.75) is 44.3 Å². The number of halogens is 1. The van der Waals surface area contributed by atoms with Crippen LogP contribution in [0.3, 0.4) is 0 Å². The van der Waals surface area contributed by atoms with Gasteiger partial charge in [-0.25, -0.2) is 22.1 Å². The summed E-state index contributed by atoms with van der Waals surface area (Å²) in [5.41, 5.74) is 4.52. The molecule has 1 N–H and O–H groups in total. The van der Waals surface area contributed by atoms with Gasteiger partial charge >= 0.3 is 0 Å². The van der Waals surface area contributed by atoms with Crippen LogP contribution in [0.2, 0.25) is 0 Å². The van der Waals surface area contributed by atoms with Gasteiger partial charge in [-0.05, 0) is 73.6 Å². The van der Waals surface area contributed by atoms with Gasteiger partial charge in [-0.1, -0.05) is 6.07 Å². The number of nitrogens with zero attached hydrogens (tertiary/aromatic N) is 3. The third-order valence-corrected chi connectivity index (χ3v) is 9.46. The maximum absolute atomic E-state index is 13.5. The van der Waals surface area contributed by atoms with Crippen LogP contribution in [-0.4, -0.2) is 64.9 Å². The first kappa shape index (κ1) is 23.0. The van der Waals surface area contributed by atoms with E-state index in [1.807, 2.05) is 26.1 Å². The lowest BCUT2D eigenvalue weighted by atomic mass is 9.90. The lowest BCUT2D eigenvalue weighted by molar-refractivity contribution is -0.133. The zero-order valence-electron chi connectivity index (χ0n) is 19.4. The van der Waals surface area contributed by atoms with E-state index in [0.29, 0.717) is 24.6 Å². The molecule has 7 nitrogen and oxygen atoms in total. The molecule has 5 rings (SSSR count). The number of likely N-dealkylation sites (tertiary alicyclic amines) is 1. The van der Waals surface area contributed by atoms with Crippen molar-refractivity contribution in [1.29, 1.82) is 0 Å². The average molecular weight is 485 g/mol. The molecule has 2 aliphatic heterocycles. The summed E-state index contributed by atoms with van der Waals surface area (Å²) in [7, 11) is -3.46. The van der Waals surface area contributed by atoms with Gasteiger partial charge in [-0.3, -0.25) is 4.79 Å². The van der Waals surface area contributed by atoms with Gasteiger partial charge in [-0.2, -0.15) is 0 Å². The zero-order chi connectivity index (χ0) is 24.0. The number of aryl methyl sites for hydroxylation is 2. The van der Waals surface area contributed by atoms with E-state index < -0.39 is 15.3 Å². The van der Waals surface area contributed by atoms with E-state index in [9.17, 15) is 17.6 Å². The second-order valence-corrected chi connectivity index (χ2v) is 11.7. The first-order chi connectivity index (χ1) is 16.2. The van der Waals surface area contributed by atoms with E-state index in [-0.39, 0.29) is 31.2 Å². The molecule has 180 valence electrons. The molecular formula is C25H29FN4O3S. The second-order valence-electron chi connectivity index (χ2n) is 9.48. The van der Waals surface area contributed by atoms with Crippen LogP contribution in [0, 0.1) is 19.7 Å². The first-order valence-corrected chi connectivity index (χ1v) is 13.2. The molecule has 0 saturated carbocycles. The highest BCUT2D eigenvalue weighted by molar-refractivity contribution is 7.89. The van der Waals surface area contributed by atoms with Crippen LogP contribution in [-0.2, 0) is 21.2 Å². The molecule has 0 unspecified atom stereocenters. The smallest absolute Gasteiger partial charge is 0.227 e. The number of hydrogen-bond acceptors (Lipinski definition) is 4.